The molecule has 2 N–H and O–H groups in total. The Bertz CT molecular complexity index is 942. The molecule has 1 unspecified atom stereocenters. The minimum Gasteiger partial charge on any atom is -0.390 e. The summed E-state index contributed by atoms with van der Waals surface area (Å²) < 4.78 is 0. The Morgan fingerprint density at radius 1 is 1.07 bits per heavy atom. The summed E-state index contributed by atoms with van der Waals surface area (Å²) in [4.78, 5) is 11.6. The summed E-state index contributed by atoms with van der Waals surface area (Å²) in [6.07, 6.45) is 0.986. The van der Waals surface area contributed by atoms with Crippen LogP contribution in [0, 0.1) is 6.92 Å². The molecule has 0 spiro atoms. The number of aliphatic hydroxyl groups excluding tert-OH is 1. The zero-order valence-corrected chi connectivity index (χ0v) is 15.7. The fraction of sp³-hybridized carbons (Fsp3) is 0.273. The Kier molecular flexibility index (Phi) is 4.77. The van der Waals surface area contributed by atoms with E-state index < -0.39 is 0 Å². The van der Waals surface area contributed by atoms with Crippen LogP contribution in [-0.4, -0.2) is 21.6 Å². The highest BCUT2D eigenvalue weighted by Gasteiger charge is 2.27. The van der Waals surface area contributed by atoms with Gasteiger partial charge in [0.1, 0.15) is 5.82 Å². The summed E-state index contributed by atoms with van der Waals surface area (Å²) in [5.74, 6) is 1.39. The second-order valence-electron chi connectivity index (χ2n) is 6.91. The quantitative estimate of drug-likeness (QED) is 0.732. The number of nitrogens with zero attached hydrogens (tertiary/aromatic N) is 3. The van der Waals surface area contributed by atoms with Crippen molar-refractivity contribution in [3.8, 4) is 0 Å². The average molecular weight is 360 g/mol. The van der Waals surface area contributed by atoms with Crippen LogP contribution in [0.15, 0.2) is 54.6 Å². The van der Waals surface area contributed by atoms with Crippen molar-refractivity contribution in [3.63, 3.8) is 0 Å². The van der Waals surface area contributed by atoms with E-state index in [4.69, 9.17) is 4.98 Å². The molecule has 1 atom stereocenters. The van der Waals surface area contributed by atoms with Crippen molar-refractivity contribution in [2.24, 2.45) is 0 Å². The lowest BCUT2D eigenvalue weighted by atomic mass is 9.93. The molecule has 4 rings (SSSR count). The van der Waals surface area contributed by atoms with E-state index in [9.17, 15) is 5.11 Å². The zero-order valence-electron chi connectivity index (χ0n) is 15.7. The summed E-state index contributed by atoms with van der Waals surface area (Å²) in [5.41, 5.74) is 5.25. The molecule has 0 saturated heterocycles. The molecule has 1 aliphatic rings. The lowest BCUT2D eigenvalue weighted by Crippen LogP contribution is -2.35. The number of fused-ring (bicyclic) bond motifs is 1. The summed E-state index contributed by atoms with van der Waals surface area (Å²) in [6, 6.07) is 18.7. The fourth-order valence-electron chi connectivity index (χ4n) is 3.75. The number of para-hydroxylation sites is 1. The molecule has 138 valence electrons. The summed E-state index contributed by atoms with van der Waals surface area (Å²) in [5, 5.41) is 13.1. The summed E-state index contributed by atoms with van der Waals surface area (Å²) in [6.45, 7) is 4.98. The van der Waals surface area contributed by atoms with Crippen molar-refractivity contribution in [2.75, 3.05) is 16.8 Å². The van der Waals surface area contributed by atoms with Gasteiger partial charge in [-0.05, 0) is 43.5 Å². The summed E-state index contributed by atoms with van der Waals surface area (Å²) in [7, 11) is 0. The Morgan fingerprint density at radius 2 is 1.81 bits per heavy atom. The van der Waals surface area contributed by atoms with E-state index in [2.05, 4.69) is 46.4 Å². The van der Waals surface area contributed by atoms with Crippen LogP contribution in [0.5, 0.6) is 0 Å². The number of rotatable bonds is 4. The number of hydrogen-bond acceptors (Lipinski definition) is 5. The lowest BCUT2D eigenvalue weighted by molar-refractivity contribution is 0.276. The molecule has 0 radical (unpaired) electrons. The highest BCUT2D eigenvalue weighted by molar-refractivity contribution is 5.59. The monoisotopic (exact) mass is 360 g/mol. The first-order valence-corrected chi connectivity index (χ1v) is 9.32. The maximum absolute atomic E-state index is 9.82. The van der Waals surface area contributed by atoms with Crippen molar-refractivity contribution in [1.29, 1.82) is 0 Å². The Balaban J connectivity index is 1.73. The van der Waals surface area contributed by atoms with Crippen molar-refractivity contribution in [1.82, 2.24) is 9.97 Å². The van der Waals surface area contributed by atoms with Gasteiger partial charge in [-0.1, -0.05) is 42.5 Å². The maximum Gasteiger partial charge on any atom is 0.229 e. The molecule has 27 heavy (non-hydrogen) atoms. The molecular formula is C22H24N4O. The normalized spacial score (nSPS) is 16.1. The molecule has 2 aromatic carbocycles. The van der Waals surface area contributed by atoms with Crippen molar-refractivity contribution in [3.05, 3.63) is 77.0 Å². The molecule has 0 bridgehead atoms. The maximum atomic E-state index is 9.82. The van der Waals surface area contributed by atoms with E-state index in [1.807, 2.05) is 37.3 Å². The molecule has 2 heterocycles. The van der Waals surface area contributed by atoms with Crippen molar-refractivity contribution < 1.29 is 5.11 Å². The van der Waals surface area contributed by atoms with E-state index in [0.29, 0.717) is 11.6 Å². The van der Waals surface area contributed by atoms with Crippen LogP contribution in [0.1, 0.15) is 35.3 Å². The molecule has 3 aromatic rings. The van der Waals surface area contributed by atoms with Gasteiger partial charge in [-0.25, -0.2) is 4.98 Å². The minimum atomic E-state index is -0.108. The van der Waals surface area contributed by atoms with Gasteiger partial charge in [0.2, 0.25) is 5.95 Å². The predicted octanol–water partition coefficient (Wildman–Crippen LogP) is 4.14. The van der Waals surface area contributed by atoms with Gasteiger partial charge in [0, 0.05) is 17.8 Å². The van der Waals surface area contributed by atoms with Crippen molar-refractivity contribution >= 4 is 17.5 Å². The van der Waals surface area contributed by atoms with E-state index in [0.717, 1.165) is 30.0 Å². The topological polar surface area (TPSA) is 61.3 Å². The van der Waals surface area contributed by atoms with Crippen LogP contribution < -0.4 is 10.2 Å². The third-order valence-electron chi connectivity index (χ3n) is 5.27. The summed E-state index contributed by atoms with van der Waals surface area (Å²) >= 11 is 0. The lowest BCUT2D eigenvalue weighted by Gasteiger charge is -2.37. The minimum absolute atomic E-state index is 0.108. The van der Waals surface area contributed by atoms with Crippen molar-refractivity contribution in [2.45, 2.75) is 32.9 Å². The Hall–Kier alpha value is -2.92. The molecule has 0 aliphatic carbocycles. The second-order valence-corrected chi connectivity index (χ2v) is 6.91. The number of nitrogens with one attached hydrogen (secondary N) is 1. The first kappa shape index (κ1) is 17.5. The van der Waals surface area contributed by atoms with Crippen LogP contribution >= 0.6 is 0 Å². The predicted molar refractivity (Wildman–Crippen MR) is 108 cm³/mol. The third kappa shape index (κ3) is 3.38. The van der Waals surface area contributed by atoms with Gasteiger partial charge in [0.05, 0.1) is 18.3 Å². The molecular weight excluding hydrogens is 336 g/mol. The standard InChI is InChI=1S/C22H24N4O/c1-15-20(14-27)24-22(23-18-9-4-3-5-10-18)25-21(15)26-13-12-17-8-6-7-11-19(17)16(26)2/h3-11,16,27H,12-14H2,1-2H3,(H,23,24,25). The molecule has 0 fully saturated rings. The van der Waals surface area contributed by atoms with Gasteiger partial charge >= 0.3 is 0 Å². The van der Waals surface area contributed by atoms with Gasteiger partial charge in [0.25, 0.3) is 0 Å². The van der Waals surface area contributed by atoms with Crippen LogP contribution in [0.2, 0.25) is 0 Å². The number of hydrogen-bond donors (Lipinski definition) is 2. The molecule has 0 amide bonds. The SMILES string of the molecule is Cc1c(CO)nc(Nc2ccccc2)nc1N1CCc2ccccc2C1C. The van der Waals surface area contributed by atoms with Gasteiger partial charge in [-0.3, -0.25) is 0 Å². The molecule has 5 heteroatoms. The first-order chi connectivity index (χ1) is 13.2. The van der Waals surface area contributed by atoms with Crippen LogP contribution in [0.25, 0.3) is 0 Å². The van der Waals surface area contributed by atoms with Gasteiger partial charge in [-0.2, -0.15) is 4.98 Å². The van der Waals surface area contributed by atoms with E-state index >= 15 is 0 Å². The zero-order chi connectivity index (χ0) is 18.8. The first-order valence-electron chi connectivity index (χ1n) is 9.32. The average Bonchev–Trinajstić information content (AvgIpc) is 2.71. The van der Waals surface area contributed by atoms with Crippen LogP contribution in [0.3, 0.4) is 0 Å². The van der Waals surface area contributed by atoms with E-state index in [-0.39, 0.29) is 12.6 Å². The number of benzene rings is 2. The number of anilines is 3. The highest BCUT2D eigenvalue weighted by Crippen LogP contribution is 2.35. The number of aromatic nitrogens is 2. The number of aliphatic hydroxyl groups is 1. The van der Waals surface area contributed by atoms with E-state index in [1.165, 1.54) is 11.1 Å². The highest BCUT2D eigenvalue weighted by atomic mass is 16.3. The Labute approximate surface area is 159 Å². The van der Waals surface area contributed by atoms with Crippen LogP contribution in [0.4, 0.5) is 17.5 Å². The fourth-order valence-corrected chi connectivity index (χ4v) is 3.75. The second kappa shape index (κ2) is 7.37. The van der Waals surface area contributed by atoms with Crippen LogP contribution in [-0.2, 0) is 13.0 Å². The van der Waals surface area contributed by atoms with Gasteiger partial charge in [-0.15, -0.1) is 0 Å². The molecule has 0 saturated carbocycles. The van der Waals surface area contributed by atoms with Gasteiger partial charge < -0.3 is 15.3 Å². The van der Waals surface area contributed by atoms with Gasteiger partial charge in [0.15, 0.2) is 0 Å². The Morgan fingerprint density at radius 3 is 2.59 bits per heavy atom. The molecule has 1 aromatic heterocycles. The van der Waals surface area contributed by atoms with E-state index in [1.54, 1.807) is 0 Å². The largest absolute Gasteiger partial charge is 0.390 e. The molecule has 5 nitrogen and oxygen atoms in total. The smallest absolute Gasteiger partial charge is 0.229 e. The third-order valence-corrected chi connectivity index (χ3v) is 5.27. The molecule has 1 aliphatic heterocycles.